The van der Waals surface area contributed by atoms with Crippen molar-refractivity contribution in [3.05, 3.63) is 30.1 Å². The molecule has 0 spiro atoms. The molecule has 94 valence electrons. The molecule has 1 saturated carbocycles. The molecule has 3 heteroatoms. The SMILES string of the molecule is CC1CCC(C(NN)c2cccnc2)CC1C. The van der Waals surface area contributed by atoms with Gasteiger partial charge in [-0.3, -0.25) is 16.3 Å². The number of pyridine rings is 1. The minimum absolute atomic E-state index is 0.249. The number of hydrazine groups is 1. The first-order valence-electron chi connectivity index (χ1n) is 6.58. The van der Waals surface area contributed by atoms with E-state index in [4.69, 9.17) is 5.84 Å². The molecule has 0 amide bonds. The summed E-state index contributed by atoms with van der Waals surface area (Å²) >= 11 is 0. The summed E-state index contributed by atoms with van der Waals surface area (Å²) in [5, 5.41) is 0. The van der Waals surface area contributed by atoms with Gasteiger partial charge in [0.15, 0.2) is 0 Å². The van der Waals surface area contributed by atoms with Crippen LogP contribution in [0.25, 0.3) is 0 Å². The summed E-state index contributed by atoms with van der Waals surface area (Å²) in [4.78, 5) is 4.19. The maximum absolute atomic E-state index is 5.74. The quantitative estimate of drug-likeness (QED) is 0.623. The van der Waals surface area contributed by atoms with Crippen LogP contribution in [-0.4, -0.2) is 4.98 Å². The lowest BCUT2D eigenvalue weighted by atomic mass is 9.72. The van der Waals surface area contributed by atoms with Crippen LogP contribution in [-0.2, 0) is 0 Å². The number of nitrogens with one attached hydrogen (secondary N) is 1. The zero-order valence-electron chi connectivity index (χ0n) is 10.8. The van der Waals surface area contributed by atoms with Gasteiger partial charge >= 0.3 is 0 Å². The first-order valence-corrected chi connectivity index (χ1v) is 6.58. The van der Waals surface area contributed by atoms with Crippen LogP contribution < -0.4 is 11.3 Å². The molecule has 0 radical (unpaired) electrons. The van der Waals surface area contributed by atoms with E-state index in [1.165, 1.54) is 24.8 Å². The van der Waals surface area contributed by atoms with Gasteiger partial charge in [0.2, 0.25) is 0 Å². The normalized spacial score (nSPS) is 31.1. The average Bonchev–Trinajstić information content (AvgIpc) is 2.36. The van der Waals surface area contributed by atoms with Crippen molar-refractivity contribution in [1.29, 1.82) is 0 Å². The van der Waals surface area contributed by atoms with E-state index in [9.17, 15) is 0 Å². The Balaban J connectivity index is 2.09. The summed E-state index contributed by atoms with van der Waals surface area (Å²) in [6.07, 6.45) is 7.56. The fraction of sp³-hybridized carbons (Fsp3) is 0.643. The number of nitrogens with zero attached hydrogens (tertiary/aromatic N) is 1. The highest BCUT2D eigenvalue weighted by molar-refractivity contribution is 5.15. The second-order valence-corrected chi connectivity index (χ2v) is 5.46. The molecule has 0 bridgehead atoms. The first-order chi connectivity index (χ1) is 8.22. The topological polar surface area (TPSA) is 50.9 Å². The third-order valence-electron chi connectivity index (χ3n) is 4.33. The number of aromatic nitrogens is 1. The standard InChI is InChI=1S/C14H23N3/c1-10-5-6-12(8-11(10)2)14(17-15)13-4-3-7-16-9-13/h3-4,7,9-12,14,17H,5-6,8,15H2,1-2H3. The fourth-order valence-electron chi connectivity index (χ4n) is 2.96. The Labute approximate surface area is 104 Å². The molecule has 1 fully saturated rings. The van der Waals surface area contributed by atoms with Crippen molar-refractivity contribution in [2.75, 3.05) is 0 Å². The Kier molecular flexibility index (Phi) is 4.13. The van der Waals surface area contributed by atoms with E-state index >= 15 is 0 Å². The van der Waals surface area contributed by atoms with E-state index in [-0.39, 0.29) is 6.04 Å². The molecule has 0 saturated heterocycles. The van der Waals surface area contributed by atoms with E-state index in [1.54, 1.807) is 0 Å². The van der Waals surface area contributed by atoms with Crippen LogP contribution in [0, 0.1) is 17.8 Å². The molecule has 2 rings (SSSR count). The van der Waals surface area contributed by atoms with Gasteiger partial charge in [-0.15, -0.1) is 0 Å². The van der Waals surface area contributed by atoms with Crippen LogP contribution in [0.4, 0.5) is 0 Å². The monoisotopic (exact) mass is 233 g/mol. The Hall–Kier alpha value is -0.930. The molecular formula is C14H23N3. The lowest BCUT2D eigenvalue weighted by molar-refractivity contribution is 0.171. The van der Waals surface area contributed by atoms with Crippen molar-refractivity contribution >= 4 is 0 Å². The van der Waals surface area contributed by atoms with Gasteiger partial charge in [0.05, 0.1) is 6.04 Å². The fourth-order valence-corrected chi connectivity index (χ4v) is 2.96. The Morgan fingerprint density at radius 1 is 1.35 bits per heavy atom. The second-order valence-electron chi connectivity index (χ2n) is 5.46. The molecule has 4 atom stereocenters. The molecule has 1 aromatic heterocycles. The van der Waals surface area contributed by atoms with E-state index in [0.717, 1.165) is 11.8 Å². The summed E-state index contributed by atoms with van der Waals surface area (Å²) in [6, 6.07) is 4.34. The maximum Gasteiger partial charge on any atom is 0.0503 e. The molecule has 0 aromatic carbocycles. The van der Waals surface area contributed by atoms with Gasteiger partial charge in [0.25, 0.3) is 0 Å². The van der Waals surface area contributed by atoms with Gasteiger partial charge in [-0.05, 0) is 42.2 Å². The van der Waals surface area contributed by atoms with E-state index in [1.807, 2.05) is 18.5 Å². The molecule has 0 aliphatic heterocycles. The lowest BCUT2D eigenvalue weighted by Crippen LogP contribution is -2.36. The van der Waals surface area contributed by atoms with E-state index in [2.05, 4.69) is 30.3 Å². The molecule has 1 heterocycles. The van der Waals surface area contributed by atoms with Crippen molar-refractivity contribution in [2.45, 2.75) is 39.2 Å². The van der Waals surface area contributed by atoms with Crippen molar-refractivity contribution in [3.8, 4) is 0 Å². The van der Waals surface area contributed by atoms with E-state index < -0.39 is 0 Å². The van der Waals surface area contributed by atoms with Crippen LogP contribution in [0.2, 0.25) is 0 Å². The Bertz CT molecular complexity index is 339. The van der Waals surface area contributed by atoms with Crippen LogP contribution in [0.1, 0.15) is 44.7 Å². The van der Waals surface area contributed by atoms with Crippen LogP contribution >= 0.6 is 0 Å². The Morgan fingerprint density at radius 2 is 2.18 bits per heavy atom. The largest absolute Gasteiger partial charge is 0.271 e. The molecule has 17 heavy (non-hydrogen) atoms. The van der Waals surface area contributed by atoms with Gasteiger partial charge in [-0.1, -0.05) is 26.3 Å². The van der Waals surface area contributed by atoms with Crippen molar-refractivity contribution in [1.82, 2.24) is 10.4 Å². The molecule has 1 aliphatic rings. The predicted octanol–water partition coefficient (Wildman–Crippen LogP) is 2.66. The highest BCUT2D eigenvalue weighted by Gasteiger charge is 2.30. The van der Waals surface area contributed by atoms with Crippen LogP contribution in [0.3, 0.4) is 0 Å². The summed E-state index contributed by atoms with van der Waals surface area (Å²) in [6.45, 7) is 4.71. The Morgan fingerprint density at radius 3 is 2.76 bits per heavy atom. The predicted molar refractivity (Wildman–Crippen MR) is 70.0 cm³/mol. The van der Waals surface area contributed by atoms with Crippen LogP contribution in [0.15, 0.2) is 24.5 Å². The summed E-state index contributed by atoms with van der Waals surface area (Å²) < 4.78 is 0. The van der Waals surface area contributed by atoms with Crippen molar-refractivity contribution in [3.63, 3.8) is 0 Å². The molecule has 1 aromatic rings. The third kappa shape index (κ3) is 2.85. The van der Waals surface area contributed by atoms with Crippen molar-refractivity contribution < 1.29 is 0 Å². The van der Waals surface area contributed by atoms with Gasteiger partial charge in [0.1, 0.15) is 0 Å². The van der Waals surface area contributed by atoms with Gasteiger partial charge in [-0.2, -0.15) is 0 Å². The van der Waals surface area contributed by atoms with Gasteiger partial charge in [-0.25, -0.2) is 0 Å². The zero-order valence-corrected chi connectivity index (χ0v) is 10.8. The number of hydrogen-bond acceptors (Lipinski definition) is 3. The summed E-state index contributed by atoms with van der Waals surface area (Å²) in [5.74, 6) is 8.01. The smallest absolute Gasteiger partial charge is 0.0503 e. The summed E-state index contributed by atoms with van der Waals surface area (Å²) in [7, 11) is 0. The number of rotatable bonds is 3. The average molecular weight is 233 g/mol. The van der Waals surface area contributed by atoms with E-state index in [0.29, 0.717) is 5.92 Å². The van der Waals surface area contributed by atoms with Crippen LogP contribution in [0.5, 0.6) is 0 Å². The minimum atomic E-state index is 0.249. The second kappa shape index (κ2) is 5.61. The van der Waals surface area contributed by atoms with Crippen molar-refractivity contribution in [2.24, 2.45) is 23.6 Å². The third-order valence-corrected chi connectivity index (χ3v) is 4.33. The molecule has 1 aliphatic carbocycles. The van der Waals surface area contributed by atoms with Gasteiger partial charge in [0, 0.05) is 12.4 Å². The molecule has 4 unspecified atom stereocenters. The molecular weight excluding hydrogens is 210 g/mol. The lowest BCUT2D eigenvalue weighted by Gasteiger charge is -2.36. The molecule has 3 nitrogen and oxygen atoms in total. The number of hydrogen-bond donors (Lipinski definition) is 2. The highest BCUT2D eigenvalue weighted by Crippen LogP contribution is 2.39. The molecule has 3 N–H and O–H groups in total. The highest BCUT2D eigenvalue weighted by atomic mass is 15.2. The minimum Gasteiger partial charge on any atom is -0.271 e. The summed E-state index contributed by atoms with van der Waals surface area (Å²) in [5.41, 5.74) is 4.19. The maximum atomic E-state index is 5.74. The first kappa shape index (κ1) is 12.5. The zero-order chi connectivity index (χ0) is 12.3. The van der Waals surface area contributed by atoms with Gasteiger partial charge < -0.3 is 0 Å². The number of nitrogens with two attached hydrogens (primary N) is 1.